The smallest absolute Gasteiger partial charge is 0.320 e. The number of H-pyrrole nitrogens is 1. The Labute approximate surface area is 144 Å². The third-order valence-electron chi connectivity index (χ3n) is 3.58. The van der Waals surface area contributed by atoms with Gasteiger partial charge in [0, 0.05) is 0 Å². The van der Waals surface area contributed by atoms with Crippen molar-refractivity contribution in [1.29, 1.82) is 5.26 Å². The highest BCUT2D eigenvalue weighted by molar-refractivity contribution is 5.91. The fraction of sp³-hybridized carbons (Fsp3) is 0.111. The fourth-order valence-electron chi connectivity index (χ4n) is 2.41. The van der Waals surface area contributed by atoms with Gasteiger partial charge >= 0.3 is 6.03 Å². The minimum absolute atomic E-state index is 0.391. The molecule has 1 heterocycles. The Bertz CT molecular complexity index is 913. The first-order valence-electron chi connectivity index (χ1n) is 7.68. The van der Waals surface area contributed by atoms with Crippen LogP contribution in [0.25, 0.3) is 0 Å². The molecule has 1 aromatic heterocycles. The first-order chi connectivity index (χ1) is 12.2. The summed E-state index contributed by atoms with van der Waals surface area (Å²) in [4.78, 5) is 16.8. The van der Waals surface area contributed by atoms with Gasteiger partial charge in [-0.1, -0.05) is 42.5 Å². The van der Waals surface area contributed by atoms with Gasteiger partial charge in [0.05, 0.1) is 11.3 Å². The molecule has 0 bridgehead atoms. The molecular weight excluding hydrogens is 316 g/mol. The SMILES string of the molecule is Cc1nc(C(NC(=O)Nc2ccccc2C#N)c2ccccc2)n[nH]1. The summed E-state index contributed by atoms with van der Waals surface area (Å²) < 4.78 is 0. The van der Waals surface area contributed by atoms with Gasteiger partial charge in [-0.2, -0.15) is 10.4 Å². The van der Waals surface area contributed by atoms with E-state index in [1.807, 2.05) is 36.4 Å². The number of hydrogen-bond acceptors (Lipinski definition) is 4. The molecule has 1 atom stereocenters. The maximum absolute atomic E-state index is 12.4. The fourth-order valence-corrected chi connectivity index (χ4v) is 2.41. The third kappa shape index (κ3) is 3.82. The number of nitrogens with zero attached hydrogens (tertiary/aromatic N) is 3. The highest BCUT2D eigenvalue weighted by Gasteiger charge is 2.21. The van der Waals surface area contributed by atoms with Crippen LogP contribution in [0.5, 0.6) is 0 Å². The van der Waals surface area contributed by atoms with Crippen molar-refractivity contribution in [1.82, 2.24) is 20.5 Å². The van der Waals surface area contributed by atoms with E-state index in [-0.39, 0.29) is 0 Å². The van der Waals surface area contributed by atoms with Crippen LogP contribution in [-0.4, -0.2) is 21.2 Å². The summed E-state index contributed by atoms with van der Waals surface area (Å²) in [5, 5.41) is 21.6. The number of para-hydroxylation sites is 1. The van der Waals surface area contributed by atoms with Gasteiger partial charge in [0.25, 0.3) is 0 Å². The van der Waals surface area contributed by atoms with Crippen molar-refractivity contribution in [3.05, 3.63) is 77.4 Å². The summed E-state index contributed by atoms with van der Waals surface area (Å²) in [6, 6.07) is 17.3. The lowest BCUT2D eigenvalue weighted by Crippen LogP contribution is -2.34. The Morgan fingerprint density at radius 1 is 1.16 bits per heavy atom. The largest absolute Gasteiger partial charge is 0.324 e. The van der Waals surface area contributed by atoms with Crippen LogP contribution in [-0.2, 0) is 0 Å². The second-order valence-corrected chi connectivity index (χ2v) is 5.38. The highest BCUT2D eigenvalue weighted by Crippen LogP contribution is 2.20. The summed E-state index contributed by atoms with van der Waals surface area (Å²) in [6.07, 6.45) is 0. The summed E-state index contributed by atoms with van der Waals surface area (Å²) in [5.41, 5.74) is 1.69. The third-order valence-corrected chi connectivity index (χ3v) is 3.58. The molecule has 0 aliphatic carbocycles. The lowest BCUT2D eigenvalue weighted by molar-refractivity contribution is 0.249. The van der Waals surface area contributed by atoms with Crippen molar-refractivity contribution in [2.45, 2.75) is 13.0 Å². The lowest BCUT2D eigenvalue weighted by atomic mass is 10.1. The zero-order chi connectivity index (χ0) is 17.6. The van der Waals surface area contributed by atoms with Gasteiger partial charge < -0.3 is 10.6 Å². The minimum Gasteiger partial charge on any atom is -0.324 e. The number of carbonyl (C=O) groups is 1. The summed E-state index contributed by atoms with van der Waals surface area (Å²) >= 11 is 0. The number of benzene rings is 2. The molecule has 3 rings (SSSR count). The van der Waals surface area contributed by atoms with Gasteiger partial charge in [-0.05, 0) is 24.6 Å². The Balaban J connectivity index is 1.83. The van der Waals surface area contributed by atoms with E-state index in [0.717, 1.165) is 5.56 Å². The summed E-state index contributed by atoms with van der Waals surface area (Å²) in [5.74, 6) is 1.13. The molecule has 3 aromatic rings. The van der Waals surface area contributed by atoms with E-state index in [4.69, 9.17) is 5.26 Å². The van der Waals surface area contributed by atoms with Gasteiger partial charge in [0.2, 0.25) is 0 Å². The molecule has 7 heteroatoms. The number of amides is 2. The van der Waals surface area contributed by atoms with Gasteiger partial charge in [-0.15, -0.1) is 0 Å². The number of anilines is 1. The van der Waals surface area contributed by atoms with E-state index in [9.17, 15) is 4.79 Å². The van der Waals surface area contributed by atoms with Gasteiger partial charge in [-0.3, -0.25) is 5.10 Å². The van der Waals surface area contributed by atoms with Crippen molar-refractivity contribution in [3.63, 3.8) is 0 Å². The molecule has 2 aromatic carbocycles. The Kier molecular flexibility index (Phi) is 4.72. The van der Waals surface area contributed by atoms with E-state index in [0.29, 0.717) is 22.9 Å². The predicted octanol–water partition coefficient (Wildman–Crippen LogP) is 2.90. The lowest BCUT2D eigenvalue weighted by Gasteiger charge is -2.17. The maximum Gasteiger partial charge on any atom is 0.320 e. The van der Waals surface area contributed by atoms with E-state index in [1.165, 1.54) is 0 Å². The molecule has 25 heavy (non-hydrogen) atoms. The molecule has 1 unspecified atom stereocenters. The number of hydrogen-bond donors (Lipinski definition) is 3. The summed E-state index contributed by atoms with van der Waals surface area (Å²) in [7, 11) is 0. The Morgan fingerprint density at radius 3 is 2.56 bits per heavy atom. The first kappa shape index (κ1) is 16.2. The number of nitriles is 1. The predicted molar refractivity (Wildman–Crippen MR) is 92.7 cm³/mol. The minimum atomic E-state index is -0.514. The number of urea groups is 1. The average Bonchev–Trinajstić information content (AvgIpc) is 3.07. The van der Waals surface area contributed by atoms with Crippen LogP contribution in [0.2, 0.25) is 0 Å². The van der Waals surface area contributed by atoms with Crippen LogP contribution in [0.4, 0.5) is 10.5 Å². The Hall–Kier alpha value is -3.66. The number of rotatable bonds is 4. The zero-order valence-electron chi connectivity index (χ0n) is 13.5. The number of aryl methyl sites for hydroxylation is 1. The molecule has 124 valence electrons. The number of aromatic amines is 1. The zero-order valence-corrected chi connectivity index (χ0v) is 13.5. The molecule has 0 saturated carbocycles. The normalized spacial score (nSPS) is 11.4. The second kappa shape index (κ2) is 7.27. The topological polar surface area (TPSA) is 106 Å². The van der Waals surface area contributed by atoms with Crippen molar-refractivity contribution >= 4 is 11.7 Å². The van der Waals surface area contributed by atoms with Crippen molar-refractivity contribution < 1.29 is 4.79 Å². The van der Waals surface area contributed by atoms with E-state index in [2.05, 4.69) is 25.8 Å². The van der Waals surface area contributed by atoms with Gasteiger partial charge in [0.1, 0.15) is 17.9 Å². The molecular formula is C18H16N6O. The molecule has 0 fully saturated rings. The molecule has 0 radical (unpaired) electrons. The van der Waals surface area contributed by atoms with Gasteiger partial charge in [0.15, 0.2) is 5.82 Å². The van der Waals surface area contributed by atoms with Crippen molar-refractivity contribution in [3.8, 4) is 6.07 Å². The number of aromatic nitrogens is 3. The van der Waals surface area contributed by atoms with E-state index >= 15 is 0 Å². The maximum atomic E-state index is 12.4. The standard InChI is InChI=1S/C18H16N6O/c1-12-20-17(24-23-12)16(13-7-3-2-4-8-13)22-18(25)21-15-10-6-5-9-14(15)11-19/h2-10,16H,1H3,(H,20,23,24)(H2,21,22,25). The number of carbonyl (C=O) groups excluding carboxylic acids is 1. The molecule has 3 N–H and O–H groups in total. The molecule has 0 aliphatic rings. The van der Waals surface area contributed by atoms with E-state index < -0.39 is 12.1 Å². The first-order valence-corrected chi connectivity index (χ1v) is 7.68. The number of nitrogens with one attached hydrogen (secondary N) is 3. The molecule has 0 spiro atoms. The van der Waals surface area contributed by atoms with Crippen LogP contribution in [0, 0.1) is 18.3 Å². The molecule has 2 amide bonds. The highest BCUT2D eigenvalue weighted by atomic mass is 16.2. The van der Waals surface area contributed by atoms with Gasteiger partial charge in [-0.25, -0.2) is 9.78 Å². The van der Waals surface area contributed by atoms with Crippen molar-refractivity contribution in [2.75, 3.05) is 5.32 Å². The van der Waals surface area contributed by atoms with Crippen molar-refractivity contribution in [2.24, 2.45) is 0 Å². The van der Waals surface area contributed by atoms with Crippen LogP contribution >= 0.6 is 0 Å². The monoisotopic (exact) mass is 332 g/mol. The van der Waals surface area contributed by atoms with E-state index in [1.54, 1.807) is 31.2 Å². The molecule has 7 nitrogen and oxygen atoms in total. The molecule has 0 saturated heterocycles. The van der Waals surface area contributed by atoms with Crippen LogP contribution in [0.15, 0.2) is 54.6 Å². The van der Waals surface area contributed by atoms with Crippen LogP contribution < -0.4 is 10.6 Å². The quantitative estimate of drug-likeness (QED) is 0.683. The average molecular weight is 332 g/mol. The summed E-state index contributed by atoms with van der Waals surface area (Å²) in [6.45, 7) is 1.79. The Morgan fingerprint density at radius 2 is 1.88 bits per heavy atom. The second-order valence-electron chi connectivity index (χ2n) is 5.38. The van der Waals surface area contributed by atoms with Crippen LogP contribution in [0.3, 0.4) is 0 Å². The van der Waals surface area contributed by atoms with Crippen LogP contribution in [0.1, 0.15) is 28.8 Å². The molecule has 0 aliphatic heterocycles.